The summed E-state index contributed by atoms with van der Waals surface area (Å²) in [7, 11) is 9.10. The smallest absolute Gasteiger partial charge is 0.338 e. The third kappa shape index (κ3) is 7.58. The van der Waals surface area contributed by atoms with Crippen molar-refractivity contribution in [1.29, 1.82) is 0 Å². The molecule has 2 fully saturated rings. The van der Waals surface area contributed by atoms with Crippen molar-refractivity contribution in [1.82, 2.24) is 9.88 Å². The van der Waals surface area contributed by atoms with Gasteiger partial charge in [0.25, 0.3) is 0 Å². The van der Waals surface area contributed by atoms with E-state index in [4.69, 9.17) is 38.0 Å². The molecule has 1 saturated heterocycles. The van der Waals surface area contributed by atoms with E-state index in [2.05, 4.69) is 16.0 Å². The van der Waals surface area contributed by atoms with Gasteiger partial charge >= 0.3 is 11.9 Å². The van der Waals surface area contributed by atoms with Crippen molar-refractivity contribution >= 4 is 35.4 Å². The molecule has 13 nitrogen and oxygen atoms in total. The molecule has 50 heavy (non-hydrogen) atoms. The Morgan fingerprint density at radius 1 is 0.880 bits per heavy atom. The largest absolute Gasteiger partial charge is 0.497 e. The number of benzene rings is 2. The fourth-order valence-corrected chi connectivity index (χ4v) is 7.76. The van der Waals surface area contributed by atoms with Crippen LogP contribution in [0.2, 0.25) is 0 Å². The number of Topliss-reactive ketones (excluding diaryl/α,β-unsaturated/α-hetero) is 1. The molecule has 3 heterocycles. The van der Waals surface area contributed by atoms with E-state index in [0.29, 0.717) is 23.7 Å². The summed E-state index contributed by atoms with van der Waals surface area (Å²) in [4.78, 5) is 50.6. The van der Waals surface area contributed by atoms with E-state index in [9.17, 15) is 14.4 Å². The molecule has 0 bridgehead atoms. The summed E-state index contributed by atoms with van der Waals surface area (Å²) >= 11 is 0. The van der Waals surface area contributed by atoms with Crippen molar-refractivity contribution < 1.29 is 52.3 Å². The summed E-state index contributed by atoms with van der Waals surface area (Å²) in [6.07, 6.45) is 0.920. The van der Waals surface area contributed by atoms with Crippen LogP contribution in [-0.2, 0) is 35.0 Å². The molecule has 1 aliphatic carbocycles. The van der Waals surface area contributed by atoms with Gasteiger partial charge in [0.05, 0.1) is 53.1 Å². The maximum absolute atomic E-state index is 13.5. The van der Waals surface area contributed by atoms with E-state index in [1.54, 1.807) is 26.4 Å². The van der Waals surface area contributed by atoms with Crippen LogP contribution in [0.1, 0.15) is 54.3 Å². The van der Waals surface area contributed by atoms with Gasteiger partial charge in [-0.3, -0.25) is 9.69 Å². The number of carbonyl (C=O) groups excluding carboxylic acids is 4. The molecule has 0 spiro atoms. The Morgan fingerprint density at radius 2 is 1.54 bits per heavy atom. The molecule has 2 aromatic carbocycles. The average molecular weight is 697 g/mol. The molecule has 3 aliphatic rings. The number of esters is 2. The molecule has 3 aromatic rings. The summed E-state index contributed by atoms with van der Waals surface area (Å²) in [6.45, 7) is 6.74. The van der Waals surface area contributed by atoms with Gasteiger partial charge in [0.1, 0.15) is 30.5 Å². The molecule has 0 unspecified atom stereocenters. The number of ketones is 1. The van der Waals surface area contributed by atoms with Crippen LogP contribution in [0.3, 0.4) is 0 Å². The Hall–Kier alpha value is -4.62. The number of piperidine rings is 1. The topological polar surface area (TPSA) is 152 Å². The van der Waals surface area contributed by atoms with Crippen LogP contribution in [0.5, 0.6) is 23.0 Å². The highest BCUT2D eigenvalue weighted by atomic mass is 16.6. The number of hydrogen-bond acceptors (Lipinski definition) is 12. The summed E-state index contributed by atoms with van der Waals surface area (Å²) in [5.41, 5.74) is 3.83. The summed E-state index contributed by atoms with van der Waals surface area (Å²) < 4.78 is 39.1. The van der Waals surface area contributed by atoms with Crippen LogP contribution in [0.25, 0.3) is 10.9 Å². The van der Waals surface area contributed by atoms with Gasteiger partial charge in [0.15, 0.2) is 11.5 Å². The maximum Gasteiger partial charge on any atom is 0.338 e. The van der Waals surface area contributed by atoms with Gasteiger partial charge in [-0.1, -0.05) is 0 Å². The first-order chi connectivity index (χ1) is 24.1. The summed E-state index contributed by atoms with van der Waals surface area (Å²) in [5.74, 6) is 0.607. The van der Waals surface area contributed by atoms with E-state index in [0.717, 1.165) is 37.2 Å². The lowest BCUT2D eigenvalue weighted by atomic mass is 9.63. The molecule has 0 radical (unpaired) electrons. The predicted octanol–water partition coefficient (Wildman–Crippen LogP) is 4.58. The second-order valence-electron chi connectivity index (χ2n) is 12.6. The van der Waals surface area contributed by atoms with Crippen molar-refractivity contribution in [3.8, 4) is 23.0 Å². The lowest BCUT2D eigenvalue weighted by Gasteiger charge is -2.52. The molecule has 1 saturated carbocycles. The molecule has 6 atom stereocenters. The average Bonchev–Trinajstić information content (AvgIpc) is 3.51. The Kier molecular flexibility index (Phi) is 12.9. The fourth-order valence-electron chi connectivity index (χ4n) is 7.76. The number of hydrogen-bond donors (Lipinski definition) is 1. The predicted molar refractivity (Wildman–Crippen MR) is 184 cm³/mol. The molecule has 272 valence electrons. The summed E-state index contributed by atoms with van der Waals surface area (Å²) in [6, 6.07) is 9.40. The molecule has 6 rings (SSSR count). The Balaban J connectivity index is 0.000000875. The molecule has 1 N–H and O–H groups in total. The zero-order chi connectivity index (χ0) is 36.7. The van der Waals surface area contributed by atoms with Gasteiger partial charge in [-0.25, -0.2) is 4.79 Å². The van der Waals surface area contributed by atoms with Crippen LogP contribution in [0.4, 0.5) is 0 Å². The van der Waals surface area contributed by atoms with Crippen LogP contribution in [0.15, 0.2) is 30.3 Å². The molecule has 0 amide bonds. The van der Waals surface area contributed by atoms with Crippen molar-refractivity contribution in [2.24, 2.45) is 17.8 Å². The highest BCUT2D eigenvalue weighted by molar-refractivity contribution is 5.91. The number of fused-ring (bicyclic) bond motifs is 6. The number of nitrogens with one attached hydrogen (secondary N) is 1. The Labute approximate surface area is 292 Å². The number of aromatic nitrogens is 1. The SMILES string of the molecule is C=O.CC(C)=O.COC(=O)[C@H]1[C@H]2C[C@@H]3c4[nH]c5cc(OC)ccc5c4CCN3C[C@H]2C[C@@H](OC(=O)c2cc(OC)c(OC)c(OC)c2)[C@@H]1OC. The van der Waals surface area contributed by atoms with Gasteiger partial charge in [0.2, 0.25) is 5.75 Å². The molecule has 13 heteroatoms. The van der Waals surface area contributed by atoms with Crippen molar-refractivity contribution in [3.05, 3.63) is 47.2 Å². The molecule has 2 aliphatic heterocycles. The van der Waals surface area contributed by atoms with E-state index >= 15 is 0 Å². The van der Waals surface area contributed by atoms with Crippen molar-refractivity contribution in [3.63, 3.8) is 0 Å². The third-order valence-electron chi connectivity index (χ3n) is 9.76. The highest BCUT2D eigenvalue weighted by Crippen LogP contribution is 2.51. The van der Waals surface area contributed by atoms with Crippen molar-refractivity contribution in [2.45, 2.75) is 51.4 Å². The first-order valence-corrected chi connectivity index (χ1v) is 16.4. The number of nitrogens with zero attached hydrogens (tertiary/aromatic N) is 1. The van der Waals surface area contributed by atoms with Gasteiger partial charge in [0, 0.05) is 42.9 Å². The fraction of sp³-hybridized carbons (Fsp3) is 0.514. The number of rotatable bonds is 8. The van der Waals surface area contributed by atoms with E-state index < -0.39 is 24.1 Å². The minimum absolute atomic E-state index is 0.0170. The third-order valence-corrected chi connectivity index (χ3v) is 9.76. The second-order valence-corrected chi connectivity index (χ2v) is 12.6. The quantitative estimate of drug-likeness (QED) is 0.328. The maximum atomic E-state index is 13.5. The normalized spacial score (nSPS) is 23.6. The van der Waals surface area contributed by atoms with Gasteiger partial charge in [-0.15, -0.1) is 0 Å². The minimum atomic E-state index is -0.670. The Bertz CT molecular complexity index is 1640. The second kappa shape index (κ2) is 16.9. The van der Waals surface area contributed by atoms with Crippen molar-refractivity contribution in [2.75, 3.05) is 55.7 Å². The number of ether oxygens (including phenoxy) is 7. The molecular weight excluding hydrogens is 648 g/mol. The van der Waals surface area contributed by atoms with E-state index in [1.165, 1.54) is 58.9 Å². The van der Waals surface area contributed by atoms with Gasteiger partial charge in [-0.2, -0.15) is 0 Å². The molecular formula is C37H48N2O11. The van der Waals surface area contributed by atoms with E-state index in [-0.39, 0.29) is 35.2 Å². The lowest BCUT2D eigenvalue weighted by molar-refractivity contribution is -0.176. The van der Waals surface area contributed by atoms with Crippen LogP contribution in [0, 0.1) is 17.8 Å². The van der Waals surface area contributed by atoms with Gasteiger partial charge in [-0.05, 0) is 74.8 Å². The van der Waals surface area contributed by atoms with Crippen LogP contribution in [-0.4, -0.2) is 102 Å². The number of methoxy groups -OCH3 is 6. The Morgan fingerprint density at radius 3 is 2.10 bits per heavy atom. The number of carbonyl (C=O) groups is 4. The summed E-state index contributed by atoms with van der Waals surface area (Å²) in [5, 5.41) is 1.21. The van der Waals surface area contributed by atoms with Crippen LogP contribution < -0.4 is 18.9 Å². The zero-order valence-electron chi connectivity index (χ0n) is 30.0. The highest BCUT2D eigenvalue weighted by Gasteiger charge is 2.54. The first kappa shape index (κ1) is 38.2. The zero-order valence-corrected chi connectivity index (χ0v) is 30.0. The van der Waals surface area contributed by atoms with E-state index in [1.807, 2.05) is 18.9 Å². The standard InChI is InChI=1S/C33H40N2O9.C3H6O.CH2O/c1-38-19-7-8-20-21-9-10-35-16-18-13-27(44-32(36)17-11-25(39-2)30(41-4)26(12-17)40-3)31(42-5)28(33(37)43-6)22(18)15-24(35)29(21)34-23(20)14-19;1-3(2)4;1-2/h7-8,11-12,14,18,22,24,27-28,31,34H,9-10,13,15-16H2,1-6H3;1-2H3;1H2/t18-,22+,24-,27-,28+,31+;;/m1../s1. The minimum Gasteiger partial charge on any atom is -0.497 e. The van der Waals surface area contributed by atoms with Gasteiger partial charge < -0.3 is 47.7 Å². The first-order valence-electron chi connectivity index (χ1n) is 16.4. The number of aromatic amines is 1. The van der Waals surface area contributed by atoms with Crippen LogP contribution >= 0.6 is 0 Å². The number of H-pyrrole nitrogens is 1. The lowest BCUT2D eigenvalue weighted by Crippen LogP contribution is -2.58. The monoisotopic (exact) mass is 696 g/mol. The molecule has 1 aromatic heterocycles.